The maximum absolute atomic E-state index is 5.61. The minimum atomic E-state index is 0. The van der Waals surface area contributed by atoms with E-state index in [0.717, 1.165) is 51.3 Å². The fourth-order valence-corrected chi connectivity index (χ4v) is 3.40. The van der Waals surface area contributed by atoms with Crippen molar-refractivity contribution < 1.29 is 4.74 Å². The first kappa shape index (κ1) is 16.3. The lowest BCUT2D eigenvalue weighted by Gasteiger charge is -2.27. The summed E-state index contributed by atoms with van der Waals surface area (Å²) in [5.74, 6) is 1.98. The van der Waals surface area contributed by atoms with Crippen LogP contribution in [0.4, 0.5) is 0 Å². The molecule has 4 nitrogen and oxygen atoms in total. The van der Waals surface area contributed by atoms with Crippen LogP contribution in [0.2, 0.25) is 0 Å². The van der Waals surface area contributed by atoms with Crippen molar-refractivity contribution in [2.45, 2.75) is 39.0 Å². The zero-order valence-corrected chi connectivity index (χ0v) is 14.9. The van der Waals surface area contributed by atoms with Crippen LogP contribution in [0, 0.1) is 11.3 Å². The molecule has 0 amide bonds. The molecular weight excluding hydrogens is 365 g/mol. The molecule has 1 saturated carbocycles. The topological polar surface area (TPSA) is 36.9 Å². The molecule has 0 aromatic rings. The molecule has 0 bridgehead atoms. The van der Waals surface area contributed by atoms with Crippen LogP contribution in [0.25, 0.3) is 0 Å². The van der Waals surface area contributed by atoms with Gasteiger partial charge in [0.1, 0.15) is 0 Å². The lowest BCUT2D eigenvalue weighted by atomic mass is 9.86. The Labute approximate surface area is 139 Å². The number of guanidine groups is 1. The minimum Gasteiger partial charge on any atom is -0.381 e. The van der Waals surface area contributed by atoms with Gasteiger partial charge in [-0.15, -0.1) is 24.0 Å². The fourth-order valence-electron chi connectivity index (χ4n) is 3.40. The Morgan fingerprint density at radius 2 is 2.25 bits per heavy atom. The first-order valence-corrected chi connectivity index (χ1v) is 7.92. The number of halogens is 1. The van der Waals surface area contributed by atoms with Crippen LogP contribution in [0.3, 0.4) is 0 Å². The Hall–Kier alpha value is -0.0400. The summed E-state index contributed by atoms with van der Waals surface area (Å²) in [4.78, 5) is 7.32. The average Bonchev–Trinajstić information content (AvgIpc) is 2.97. The van der Waals surface area contributed by atoms with E-state index < -0.39 is 0 Å². The maximum Gasteiger partial charge on any atom is 0.193 e. The summed E-state index contributed by atoms with van der Waals surface area (Å²) in [5, 5.41) is 3.47. The number of ether oxygens (including phenoxy) is 1. The molecule has 1 N–H and O–H groups in total. The van der Waals surface area contributed by atoms with E-state index in [1.54, 1.807) is 0 Å². The third-order valence-electron chi connectivity index (χ3n) is 4.98. The SMILES string of the molecule is CCNC(=NCC1CCC1)N1CCC2(CCOC2)C1.I. The van der Waals surface area contributed by atoms with Crippen LogP contribution in [0.5, 0.6) is 0 Å². The molecule has 1 unspecified atom stereocenters. The summed E-state index contributed by atoms with van der Waals surface area (Å²) < 4.78 is 5.61. The maximum atomic E-state index is 5.61. The van der Waals surface area contributed by atoms with Gasteiger partial charge in [-0.1, -0.05) is 6.42 Å². The number of aliphatic imine (C=N–C) groups is 1. The van der Waals surface area contributed by atoms with Gasteiger partial charge in [0.2, 0.25) is 0 Å². The van der Waals surface area contributed by atoms with Crippen LogP contribution in [0.15, 0.2) is 4.99 Å². The zero-order chi connectivity index (χ0) is 13.1. The van der Waals surface area contributed by atoms with Crippen LogP contribution in [-0.2, 0) is 4.74 Å². The summed E-state index contributed by atoms with van der Waals surface area (Å²) >= 11 is 0. The number of nitrogens with one attached hydrogen (secondary N) is 1. The van der Waals surface area contributed by atoms with Crippen LogP contribution in [0.1, 0.15) is 39.0 Å². The quantitative estimate of drug-likeness (QED) is 0.455. The molecule has 0 aromatic carbocycles. The fraction of sp³-hybridized carbons (Fsp3) is 0.933. The number of hydrogen-bond acceptors (Lipinski definition) is 2. The molecule has 0 radical (unpaired) electrons. The Kier molecular flexibility index (Phi) is 5.95. The molecule has 3 fully saturated rings. The molecule has 2 heterocycles. The van der Waals surface area contributed by atoms with Crippen molar-refractivity contribution in [3.8, 4) is 0 Å². The highest BCUT2D eigenvalue weighted by molar-refractivity contribution is 14.0. The van der Waals surface area contributed by atoms with Crippen molar-refractivity contribution in [2.75, 3.05) is 39.4 Å². The van der Waals surface area contributed by atoms with Gasteiger partial charge in [-0.2, -0.15) is 0 Å². The predicted octanol–water partition coefficient (Wildman–Crippen LogP) is 2.48. The molecule has 116 valence electrons. The van der Waals surface area contributed by atoms with E-state index in [9.17, 15) is 0 Å². The van der Waals surface area contributed by atoms with Gasteiger partial charge in [-0.3, -0.25) is 4.99 Å². The number of rotatable bonds is 3. The molecule has 3 rings (SSSR count). The lowest BCUT2D eigenvalue weighted by Crippen LogP contribution is -2.41. The Bertz CT molecular complexity index is 338. The molecule has 2 saturated heterocycles. The first-order valence-electron chi connectivity index (χ1n) is 7.92. The van der Waals surface area contributed by atoms with E-state index in [-0.39, 0.29) is 24.0 Å². The van der Waals surface area contributed by atoms with Gasteiger partial charge in [-0.25, -0.2) is 0 Å². The highest BCUT2D eigenvalue weighted by Gasteiger charge is 2.42. The van der Waals surface area contributed by atoms with Gasteiger partial charge in [0.15, 0.2) is 5.96 Å². The second-order valence-corrected chi connectivity index (χ2v) is 6.47. The van der Waals surface area contributed by atoms with E-state index in [4.69, 9.17) is 9.73 Å². The summed E-state index contributed by atoms with van der Waals surface area (Å²) in [6.45, 7) is 8.30. The van der Waals surface area contributed by atoms with E-state index in [1.807, 2.05) is 0 Å². The van der Waals surface area contributed by atoms with Crippen molar-refractivity contribution in [1.82, 2.24) is 10.2 Å². The molecule has 1 aliphatic carbocycles. The van der Waals surface area contributed by atoms with E-state index in [2.05, 4.69) is 17.1 Å². The highest BCUT2D eigenvalue weighted by Crippen LogP contribution is 2.38. The summed E-state index contributed by atoms with van der Waals surface area (Å²) in [6, 6.07) is 0. The minimum absolute atomic E-state index is 0. The van der Waals surface area contributed by atoms with Gasteiger partial charge >= 0.3 is 0 Å². The standard InChI is InChI=1S/C15H27N3O.HI/c1-2-16-14(17-10-13-4-3-5-13)18-8-6-15(11-18)7-9-19-12-15;/h13H,2-12H2,1H3,(H,16,17);1H. The second-order valence-electron chi connectivity index (χ2n) is 6.47. The molecular formula is C15H28IN3O. The summed E-state index contributed by atoms with van der Waals surface area (Å²) in [5.41, 5.74) is 0.423. The largest absolute Gasteiger partial charge is 0.381 e. The van der Waals surface area contributed by atoms with Gasteiger partial charge in [-0.05, 0) is 38.5 Å². The van der Waals surface area contributed by atoms with E-state index in [0.29, 0.717) is 5.41 Å². The third-order valence-corrected chi connectivity index (χ3v) is 4.98. The normalized spacial score (nSPS) is 30.4. The third kappa shape index (κ3) is 3.59. The molecule has 5 heteroatoms. The van der Waals surface area contributed by atoms with Gasteiger partial charge in [0.05, 0.1) is 6.61 Å². The Morgan fingerprint density at radius 1 is 1.40 bits per heavy atom. The molecule has 2 aliphatic heterocycles. The zero-order valence-electron chi connectivity index (χ0n) is 12.6. The van der Waals surface area contributed by atoms with Crippen LogP contribution in [-0.4, -0.2) is 50.3 Å². The van der Waals surface area contributed by atoms with E-state index >= 15 is 0 Å². The molecule has 20 heavy (non-hydrogen) atoms. The monoisotopic (exact) mass is 393 g/mol. The first-order chi connectivity index (χ1) is 9.31. The van der Waals surface area contributed by atoms with Gasteiger partial charge < -0.3 is 15.0 Å². The van der Waals surface area contributed by atoms with Gasteiger partial charge in [0.25, 0.3) is 0 Å². The lowest BCUT2D eigenvalue weighted by molar-refractivity contribution is 0.156. The van der Waals surface area contributed by atoms with Crippen LogP contribution >= 0.6 is 24.0 Å². The highest BCUT2D eigenvalue weighted by atomic mass is 127. The molecule has 0 aromatic heterocycles. The predicted molar refractivity (Wildman–Crippen MR) is 92.8 cm³/mol. The molecule has 1 atom stereocenters. The van der Waals surface area contributed by atoms with Crippen molar-refractivity contribution >= 4 is 29.9 Å². The summed E-state index contributed by atoms with van der Waals surface area (Å²) in [6.07, 6.45) is 6.65. The van der Waals surface area contributed by atoms with Crippen molar-refractivity contribution in [3.63, 3.8) is 0 Å². The molecule has 3 aliphatic rings. The van der Waals surface area contributed by atoms with Gasteiger partial charge in [0, 0.05) is 38.2 Å². The number of nitrogens with zero attached hydrogens (tertiary/aromatic N) is 2. The van der Waals surface area contributed by atoms with Crippen LogP contribution < -0.4 is 5.32 Å². The number of hydrogen-bond donors (Lipinski definition) is 1. The molecule has 1 spiro atoms. The average molecular weight is 393 g/mol. The Morgan fingerprint density at radius 3 is 2.85 bits per heavy atom. The van der Waals surface area contributed by atoms with Crippen molar-refractivity contribution in [3.05, 3.63) is 0 Å². The summed E-state index contributed by atoms with van der Waals surface area (Å²) in [7, 11) is 0. The number of likely N-dealkylation sites (tertiary alicyclic amines) is 1. The van der Waals surface area contributed by atoms with Crippen molar-refractivity contribution in [1.29, 1.82) is 0 Å². The van der Waals surface area contributed by atoms with Crippen molar-refractivity contribution in [2.24, 2.45) is 16.3 Å². The second kappa shape index (κ2) is 7.29. The Balaban J connectivity index is 0.00000147. The van der Waals surface area contributed by atoms with E-state index in [1.165, 1.54) is 32.1 Å². The smallest absolute Gasteiger partial charge is 0.193 e.